The molecular formula is C17H24N2O2S. The summed E-state index contributed by atoms with van der Waals surface area (Å²) in [6, 6.07) is 0. The summed E-state index contributed by atoms with van der Waals surface area (Å²) in [5.41, 5.74) is 7.23. The van der Waals surface area contributed by atoms with Crippen LogP contribution >= 0.6 is 11.3 Å². The van der Waals surface area contributed by atoms with E-state index >= 15 is 0 Å². The zero-order chi connectivity index (χ0) is 15.7. The normalized spacial score (nSPS) is 22.1. The van der Waals surface area contributed by atoms with Crippen LogP contribution in [0.25, 0.3) is 0 Å². The predicted molar refractivity (Wildman–Crippen MR) is 89.2 cm³/mol. The van der Waals surface area contributed by atoms with Gasteiger partial charge in [0.2, 0.25) is 5.91 Å². The van der Waals surface area contributed by atoms with Crippen molar-refractivity contribution in [3.05, 3.63) is 16.0 Å². The Morgan fingerprint density at radius 3 is 2.59 bits per heavy atom. The molecule has 3 rings (SSSR count). The van der Waals surface area contributed by atoms with Crippen LogP contribution in [-0.4, -0.2) is 11.8 Å². The van der Waals surface area contributed by atoms with E-state index in [9.17, 15) is 9.59 Å². The third kappa shape index (κ3) is 3.05. The lowest BCUT2D eigenvalue weighted by atomic mass is 9.88. The van der Waals surface area contributed by atoms with E-state index in [2.05, 4.69) is 12.2 Å². The Morgan fingerprint density at radius 2 is 1.91 bits per heavy atom. The summed E-state index contributed by atoms with van der Waals surface area (Å²) in [6.45, 7) is 2.23. The smallest absolute Gasteiger partial charge is 0.251 e. The first-order chi connectivity index (χ1) is 10.6. The number of amides is 2. The van der Waals surface area contributed by atoms with Crippen molar-refractivity contribution in [2.75, 3.05) is 5.32 Å². The van der Waals surface area contributed by atoms with Gasteiger partial charge >= 0.3 is 0 Å². The predicted octanol–water partition coefficient (Wildman–Crippen LogP) is 3.49. The Kier molecular flexibility index (Phi) is 4.52. The summed E-state index contributed by atoms with van der Waals surface area (Å²) >= 11 is 1.55. The van der Waals surface area contributed by atoms with Crippen LogP contribution in [0.5, 0.6) is 0 Å². The van der Waals surface area contributed by atoms with Crippen LogP contribution < -0.4 is 11.1 Å². The van der Waals surface area contributed by atoms with Gasteiger partial charge in [0.15, 0.2) is 0 Å². The molecule has 0 spiro atoms. The lowest BCUT2D eigenvalue weighted by Gasteiger charge is -2.20. The van der Waals surface area contributed by atoms with Gasteiger partial charge < -0.3 is 11.1 Å². The highest BCUT2D eigenvalue weighted by molar-refractivity contribution is 7.17. The van der Waals surface area contributed by atoms with Gasteiger partial charge in [-0.3, -0.25) is 9.59 Å². The van der Waals surface area contributed by atoms with Gasteiger partial charge in [0.1, 0.15) is 5.00 Å². The second-order valence-corrected chi connectivity index (χ2v) is 7.85. The minimum atomic E-state index is -0.411. The highest BCUT2D eigenvalue weighted by Crippen LogP contribution is 2.40. The molecule has 4 nitrogen and oxygen atoms in total. The van der Waals surface area contributed by atoms with Gasteiger partial charge in [0.25, 0.3) is 5.91 Å². The van der Waals surface area contributed by atoms with E-state index in [0.29, 0.717) is 16.5 Å². The number of nitrogens with two attached hydrogens (primary N) is 1. The molecule has 1 heterocycles. The average Bonchev–Trinajstić information content (AvgIpc) is 2.85. The molecule has 0 bridgehead atoms. The fourth-order valence-corrected chi connectivity index (χ4v) is 5.10. The van der Waals surface area contributed by atoms with Gasteiger partial charge in [-0.05, 0) is 43.6 Å². The molecule has 3 N–H and O–H groups in total. The standard InChI is InChI=1S/C17H24N2O2S/c1-10-7-8-12-13(9-10)22-17(14(12)15(18)20)19-16(21)11-5-3-2-4-6-11/h10-11H,2-9H2,1H3,(H2,18,20)(H,19,21)/t10-/m1/s1. The fraction of sp³-hybridized carbons (Fsp3) is 0.647. The third-order valence-corrected chi connectivity index (χ3v) is 6.14. The summed E-state index contributed by atoms with van der Waals surface area (Å²) in [7, 11) is 0. The molecule has 1 aromatic heterocycles. The van der Waals surface area contributed by atoms with Crippen LogP contribution in [0.4, 0.5) is 5.00 Å². The number of thiophene rings is 1. The van der Waals surface area contributed by atoms with Crippen LogP contribution in [0.1, 0.15) is 66.2 Å². The van der Waals surface area contributed by atoms with Gasteiger partial charge in [-0.25, -0.2) is 0 Å². The maximum absolute atomic E-state index is 12.5. The van der Waals surface area contributed by atoms with Crippen molar-refractivity contribution in [1.29, 1.82) is 0 Å². The molecule has 120 valence electrons. The molecule has 1 saturated carbocycles. The number of carbonyl (C=O) groups is 2. The Bertz CT molecular complexity index is 588. The zero-order valence-electron chi connectivity index (χ0n) is 13.1. The van der Waals surface area contributed by atoms with Crippen LogP contribution in [0, 0.1) is 11.8 Å². The quantitative estimate of drug-likeness (QED) is 0.895. The lowest BCUT2D eigenvalue weighted by Crippen LogP contribution is -2.26. The first kappa shape index (κ1) is 15.5. The molecule has 0 radical (unpaired) electrons. The molecule has 5 heteroatoms. The SMILES string of the molecule is C[C@@H]1CCc2c(sc(NC(=O)C3CCCCC3)c2C(N)=O)C1. The molecule has 22 heavy (non-hydrogen) atoms. The minimum absolute atomic E-state index is 0.0637. The molecule has 1 atom stereocenters. The Morgan fingerprint density at radius 1 is 1.18 bits per heavy atom. The maximum Gasteiger partial charge on any atom is 0.251 e. The molecule has 2 aliphatic carbocycles. The van der Waals surface area contributed by atoms with Crippen molar-refractivity contribution in [1.82, 2.24) is 0 Å². The van der Waals surface area contributed by atoms with Crippen LogP contribution in [0.2, 0.25) is 0 Å². The number of fused-ring (bicyclic) bond motifs is 1. The van der Waals surface area contributed by atoms with Gasteiger partial charge in [0.05, 0.1) is 5.56 Å². The first-order valence-corrected chi connectivity index (χ1v) is 9.13. The van der Waals surface area contributed by atoms with E-state index in [0.717, 1.165) is 50.5 Å². The summed E-state index contributed by atoms with van der Waals surface area (Å²) in [6.07, 6.45) is 8.35. The van der Waals surface area contributed by atoms with Crippen molar-refractivity contribution in [3.8, 4) is 0 Å². The summed E-state index contributed by atoms with van der Waals surface area (Å²) < 4.78 is 0. The van der Waals surface area contributed by atoms with Crippen molar-refractivity contribution in [2.45, 2.75) is 58.3 Å². The topological polar surface area (TPSA) is 72.2 Å². The van der Waals surface area contributed by atoms with E-state index in [1.54, 1.807) is 11.3 Å². The van der Waals surface area contributed by atoms with Crippen LogP contribution in [0.3, 0.4) is 0 Å². The Balaban J connectivity index is 1.83. The monoisotopic (exact) mass is 320 g/mol. The minimum Gasteiger partial charge on any atom is -0.365 e. The van der Waals surface area contributed by atoms with E-state index < -0.39 is 5.91 Å². The Labute approximate surface area is 135 Å². The molecular weight excluding hydrogens is 296 g/mol. The Hall–Kier alpha value is -1.36. The van der Waals surface area contributed by atoms with E-state index in [1.165, 1.54) is 11.3 Å². The molecule has 1 fully saturated rings. The third-order valence-electron chi connectivity index (χ3n) is 4.97. The van der Waals surface area contributed by atoms with Gasteiger partial charge in [0, 0.05) is 10.8 Å². The highest BCUT2D eigenvalue weighted by Gasteiger charge is 2.29. The van der Waals surface area contributed by atoms with Gasteiger partial charge in [-0.1, -0.05) is 26.2 Å². The molecule has 1 aromatic rings. The number of rotatable bonds is 3. The van der Waals surface area contributed by atoms with Crippen molar-refractivity contribution >= 4 is 28.2 Å². The molecule has 2 amide bonds. The van der Waals surface area contributed by atoms with Gasteiger partial charge in [-0.2, -0.15) is 0 Å². The van der Waals surface area contributed by atoms with Crippen LogP contribution in [-0.2, 0) is 17.6 Å². The number of anilines is 1. The van der Waals surface area contributed by atoms with Crippen molar-refractivity contribution in [2.24, 2.45) is 17.6 Å². The van der Waals surface area contributed by atoms with E-state index in [4.69, 9.17) is 5.73 Å². The number of nitrogens with one attached hydrogen (secondary N) is 1. The molecule has 0 unspecified atom stereocenters. The van der Waals surface area contributed by atoms with E-state index in [1.807, 2.05) is 0 Å². The summed E-state index contributed by atoms with van der Waals surface area (Å²) in [5, 5.41) is 3.69. The largest absolute Gasteiger partial charge is 0.365 e. The number of hydrogen-bond acceptors (Lipinski definition) is 3. The average molecular weight is 320 g/mol. The zero-order valence-corrected chi connectivity index (χ0v) is 13.9. The molecule has 0 aliphatic heterocycles. The maximum atomic E-state index is 12.5. The molecule has 0 aromatic carbocycles. The molecule has 0 saturated heterocycles. The fourth-order valence-electron chi connectivity index (χ4n) is 3.68. The van der Waals surface area contributed by atoms with Crippen molar-refractivity contribution < 1.29 is 9.59 Å². The second kappa shape index (κ2) is 6.41. The lowest BCUT2D eigenvalue weighted by molar-refractivity contribution is -0.120. The summed E-state index contributed by atoms with van der Waals surface area (Å²) in [4.78, 5) is 25.6. The molecule has 2 aliphatic rings. The van der Waals surface area contributed by atoms with E-state index in [-0.39, 0.29) is 11.8 Å². The number of primary amides is 1. The summed E-state index contributed by atoms with van der Waals surface area (Å²) in [5.74, 6) is 0.376. The second-order valence-electron chi connectivity index (χ2n) is 6.74. The first-order valence-electron chi connectivity index (χ1n) is 8.31. The number of hydrogen-bond donors (Lipinski definition) is 2. The van der Waals surface area contributed by atoms with Crippen molar-refractivity contribution in [3.63, 3.8) is 0 Å². The number of carbonyl (C=O) groups excluding carboxylic acids is 2. The highest BCUT2D eigenvalue weighted by atomic mass is 32.1. The van der Waals surface area contributed by atoms with Crippen LogP contribution in [0.15, 0.2) is 0 Å². The van der Waals surface area contributed by atoms with Gasteiger partial charge in [-0.15, -0.1) is 11.3 Å².